The van der Waals surface area contributed by atoms with Crippen LogP contribution in [0.5, 0.6) is 11.5 Å². The summed E-state index contributed by atoms with van der Waals surface area (Å²) >= 11 is 0. The average molecular weight is 1210 g/mol. The zero-order valence-corrected chi connectivity index (χ0v) is 55.9. The van der Waals surface area contributed by atoms with Gasteiger partial charge in [-0.15, -0.1) is 0 Å². The molecule has 4 nitrogen and oxygen atoms in total. The molecule has 4 heteroatoms. The van der Waals surface area contributed by atoms with E-state index in [4.69, 9.17) is 9.47 Å². The van der Waals surface area contributed by atoms with Gasteiger partial charge in [0.25, 0.3) is 0 Å². The number of carbonyl (C=O) groups excluding carboxylic acids is 2. The molecule has 0 N–H and O–H groups in total. The van der Waals surface area contributed by atoms with Crippen LogP contribution < -0.4 is 9.47 Å². The lowest BCUT2D eigenvalue weighted by Gasteiger charge is -2.20. The Hall–Kier alpha value is -9.90. The van der Waals surface area contributed by atoms with Crippen molar-refractivity contribution >= 4 is 24.1 Å². The Morgan fingerprint density at radius 2 is 0.857 bits per heavy atom. The number of hydrogen-bond donors (Lipinski definition) is 0. The summed E-state index contributed by atoms with van der Waals surface area (Å²) in [5.41, 5.74) is 22.3. The van der Waals surface area contributed by atoms with Gasteiger partial charge in [-0.1, -0.05) is 309 Å². The predicted molar refractivity (Wildman–Crippen MR) is 394 cm³/mol. The van der Waals surface area contributed by atoms with E-state index in [-0.39, 0.29) is 5.97 Å². The smallest absolute Gasteiger partial charge is 0.338 e. The van der Waals surface area contributed by atoms with E-state index in [0.717, 1.165) is 42.9 Å². The molecule has 8 aromatic carbocycles. The van der Waals surface area contributed by atoms with Crippen molar-refractivity contribution in [3.8, 4) is 11.5 Å². The molecule has 10 rings (SSSR count). The Morgan fingerprint density at radius 3 is 1.30 bits per heavy atom. The van der Waals surface area contributed by atoms with Gasteiger partial charge in [0.1, 0.15) is 11.5 Å². The third-order valence-electron chi connectivity index (χ3n) is 14.1. The fourth-order valence-electron chi connectivity index (χ4n) is 8.64. The Balaban J connectivity index is 0.000000272. The average Bonchev–Trinajstić information content (AvgIpc) is 2.63. The maximum absolute atomic E-state index is 11.1. The van der Waals surface area contributed by atoms with Gasteiger partial charge in [0.2, 0.25) is 0 Å². The highest BCUT2D eigenvalue weighted by Crippen LogP contribution is 2.25. The molecule has 0 heterocycles. The van der Waals surface area contributed by atoms with Gasteiger partial charge < -0.3 is 9.47 Å². The summed E-state index contributed by atoms with van der Waals surface area (Å²) in [6.45, 7) is 39.6. The van der Waals surface area contributed by atoms with Crippen LogP contribution in [0.1, 0.15) is 109 Å². The highest BCUT2D eigenvalue weighted by atomic mass is 16.5. The molecule has 0 saturated carbocycles. The number of carbonyl (C=O) groups is 2. The molecule has 2 aliphatic carbocycles. The van der Waals surface area contributed by atoms with Crippen LogP contribution in [0.15, 0.2) is 294 Å². The van der Waals surface area contributed by atoms with E-state index in [1.54, 1.807) is 65.6 Å². The van der Waals surface area contributed by atoms with Crippen molar-refractivity contribution in [3.05, 3.63) is 383 Å². The first kappa shape index (κ1) is 75.4. The van der Waals surface area contributed by atoms with Crippen molar-refractivity contribution in [3.63, 3.8) is 0 Å². The van der Waals surface area contributed by atoms with Crippen LogP contribution in [-0.2, 0) is 48.1 Å². The third kappa shape index (κ3) is 33.3. The quantitative estimate of drug-likeness (QED) is 0.0419. The predicted octanol–water partition coefficient (Wildman–Crippen LogP) is 22.5. The standard InChI is InChI=1S/2C13H16.C11H12O2.2C11H12.C10H10O2.2C9H10/c1-3-4-5-6-9-13-10-7-8-12(2)11-13;1-3-4-5-6-7-13-10-8-12(2)9-11-13;1-8(2)11(12)13-10-6-4-9(3)5-7-10;1-3-4-7-11-8-5-6-10(2)9-11;1-3-4-5-11-8-6-10(2)7-9-11;1-3-10(11)12-9-6-4-8(2)5-7-9;1-7-2-3-8-4-5-9(8)6-7;1-7-3-2-4-8-5-6-9(7)8/h3-5,7-8,10-11H,1,6,9H2,2H3;3-5,8-11H,1,6-7H2,2H3;4-7H,1H2,2-3H3;2*3-9H,1H2,2H3;3-7H,1H2,2H3;2-3,6H,4-5H2,1H3;2-4H,5-6H2,1H3/b2*5-4+;;7-4+;5-4+;;;. The van der Waals surface area contributed by atoms with Gasteiger partial charge in [0.15, 0.2) is 0 Å². The zero-order valence-electron chi connectivity index (χ0n) is 55.9. The maximum atomic E-state index is 11.1. The lowest BCUT2D eigenvalue weighted by atomic mass is 9.85. The van der Waals surface area contributed by atoms with E-state index in [1.807, 2.05) is 86.7 Å². The van der Waals surface area contributed by atoms with Crippen LogP contribution >= 0.6 is 0 Å². The molecule has 0 aliphatic heterocycles. The second-order valence-corrected chi connectivity index (χ2v) is 22.3. The van der Waals surface area contributed by atoms with Crippen LogP contribution in [0.4, 0.5) is 0 Å². The van der Waals surface area contributed by atoms with Gasteiger partial charge in [-0.05, 0) is 188 Å². The first-order valence-corrected chi connectivity index (χ1v) is 31.3. The van der Waals surface area contributed by atoms with Gasteiger partial charge in [0, 0.05) is 11.6 Å². The summed E-state index contributed by atoms with van der Waals surface area (Å²) in [6.07, 6.45) is 34.2. The molecule has 0 fully saturated rings. The largest absolute Gasteiger partial charge is 0.423 e. The van der Waals surface area contributed by atoms with Crippen molar-refractivity contribution in [2.24, 2.45) is 0 Å². The van der Waals surface area contributed by atoms with E-state index >= 15 is 0 Å². The fraction of sp³-hybridized carbons (Fsp3) is 0.195. The van der Waals surface area contributed by atoms with Crippen LogP contribution in [0.25, 0.3) is 12.2 Å². The Morgan fingerprint density at radius 1 is 0.407 bits per heavy atom. The topological polar surface area (TPSA) is 52.6 Å². The van der Waals surface area contributed by atoms with E-state index < -0.39 is 5.97 Å². The Labute approximate surface area is 548 Å². The van der Waals surface area contributed by atoms with E-state index in [1.165, 1.54) is 81.3 Å². The molecule has 91 heavy (non-hydrogen) atoms. The van der Waals surface area contributed by atoms with Gasteiger partial charge in [-0.2, -0.15) is 0 Å². The third-order valence-corrected chi connectivity index (χ3v) is 14.1. The molecule has 0 saturated heterocycles. The monoisotopic (exact) mass is 1210 g/mol. The van der Waals surface area contributed by atoms with Crippen molar-refractivity contribution < 1.29 is 19.1 Å². The lowest BCUT2D eigenvalue weighted by molar-refractivity contribution is -0.130. The molecule has 0 atom stereocenters. The fourth-order valence-corrected chi connectivity index (χ4v) is 8.64. The number of hydrogen-bond acceptors (Lipinski definition) is 4. The Kier molecular flexibility index (Phi) is 36.9. The molecule has 0 radical (unpaired) electrons. The number of rotatable bonds is 16. The van der Waals surface area contributed by atoms with Crippen LogP contribution in [0.2, 0.25) is 0 Å². The minimum atomic E-state index is -0.432. The molecule has 0 amide bonds. The SMILES string of the molecule is C=C(C)C(=O)Oc1ccc(C)cc1.C=C/C=C/CCc1ccc(C)cc1.C=C/C=C/CCc1cccc(C)c1.C=C/C=C/c1ccc(C)cc1.C=C/C=C/c1cccc(C)c1.C=CC(=O)Oc1ccc(C)cc1.Cc1ccc2c(c1)CC2.Cc1cccc2c1CC2. The summed E-state index contributed by atoms with van der Waals surface area (Å²) in [7, 11) is 0. The van der Waals surface area contributed by atoms with E-state index in [2.05, 4.69) is 227 Å². The molecule has 8 aromatic rings. The van der Waals surface area contributed by atoms with Crippen LogP contribution in [0, 0.1) is 55.4 Å². The molecule has 0 spiro atoms. The van der Waals surface area contributed by atoms with Gasteiger partial charge in [0.05, 0.1) is 0 Å². The number of aryl methyl sites for hydroxylation is 13. The second-order valence-electron chi connectivity index (χ2n) is 22.3. The number of benzene rings is 8. The second kappa shape index (κ2) is 44.5. The van der Waals surface area contributed by atoms with Crippen molar-refractivity contribution in [2.45, 2.75) is 114 Å². The van der Waals surface area contributed by atoms with Crippen molar-refractivity contribution in [1.82, 2.24) is 0 Å². The maximum Gasteiger partial charge on any atom is 0.338 e. The molecule has 0 bridgehead atoms. The minimum absolute atomic E-state index is 0.385. The summed E-state index contributed by atoms with van der Waals surface area (Å²) in [4.78, 5) is 21.8. The lowest BCUT2D eigenvalue weighted by Crippen LogP contribution is -2.09. The summed E-state index contributed by atoms with van der Waals surface area (Å²) in [5, 5.41) is 0. The molecule has 0 aromatic heterocycles. The number of ether oxygens (including phenoxy) is 2. The highest BCUT2D eigenvalue weighted by molar-refractivity contribution is 5.88. The zero-order chi connectivity index (χ0) is 66.6. The van der Waals surface area contributed by atoms with Gasteiger partial charge in [-0.3, -0.25) is 0 Å². The summed E-state index contributed by atoms with van der Waals surface area (Å²) in [6, 6.07) is 61.9. The molecular weight excluding hydrogens is 1110 g/mol. The van der Waals surface area contributed by atoms with Crippen molar-refractivity contribution in [1.29, 1.82) is 0 Å². The van der Waals surface area contributed by atoms with Gasteiger partial charge >= 0.3 is 11.9 Å². The summed E-state index contributed by atoms with van der Waals surface area (Å²) < 4.78 is 9.85. The van der Waals surface area contributed by atoms with Crippen molar-refractivity contribution in [2.75, 3.05) is 0 Å². The molecular formula is C87H98O4. The number of fused-ring (bicyclic) bond motifs is 2. The molecule has 0 unspecified atom stereocenters. The highest BCUT2D eigenvalue weighted by Gasteiger charge is 2.13. The van der Waals surface area contributed by atoms with E-state index in [0.29, 0.717) is 17.1 Å². The van der Waals surface area contributed by atoms with Crippen LogP contribution in [-0.4, -0.2) is 11.9 Å². The number of esters is 2. The first-order valence-electron chi connectivity index (χ1n) is 31.3. The van der Waals surface area contributed by atoms with E-state index in [9.17, 15) is 9.59 Å². The molecule has 470 valence electrons. The summed E-state index contributed by atoms with van der Waals surface area (Å²) in [5.74, 6) is 0.284. The van der Waals surface area contributed by atoms with Crippen LogP contribution in [0.3, 0.4) is 0 Å². The van der Waals surface area contributed by atoms with Gasteiger partial charge in [-0.25, -0.2) is 9.59 Å². The first-order chi connectivity index (χ1) is 43.9. The Bertz CT molecular complexity index is 3620. The normalized spacial score (nSPS) is 10.9. The number of allylic oxidation sites excluding steroid dienone is 10. The minimum Gasteiger partial charge on any atom is -0.423 e. The molecule has 2 aliphatic rings.